The second-order valence-corrected chi connectivity index (χ2v) is 27.2. The Morgan fingerprint density at radius 3 is 1.52 bits per heavy atom. The fraction of sp³-hybridized carbons (Fsp3) is 0.914. The Labute approximate surface area is 548 Å². The first-order chi connectivity index (χ1) is 43.8. The standard InChI is InChI=1S/C70H126N2O17S/c1-8-13-58(65(73)9-2)16-10-11-27-71-66(74)24-53-90-55-67(75)72-28-30-78-32-34-80-36-38-82-40-42-84-44-46-86-48-50-88-52-51-87-49-47-85-45-43-83-41-39-81-37-35-79-33-31-77-29-23-68(76)89-60-21-25-69(6)59(54-60)17-18-61-63-20-19-62(57(5)15-12-14-56(3)4)70(63,7)26-22-64(61)69/h54,56-59,61-64H,8-53,55H2,1-7H3,(H,71,74)(H,72,75)/t57?,58?,59?,61-,62?,63+,64+,69-,70+/m1/s1. The van der Waals surface area contributed by atoms with E-state index in [1.165, 1.54) is 69.5 Å². The Morgan fingerprint density at radius 1 is 0.511 bits per heavy atom. The average Bonchev–Trinajstić information content (AvgIpc) is 1.34. The van der Waals surface area contributed by atoms with Crippen molar-refractivity contribution in [1.82, 2.24) is 10.6 Å². The van der Waals surface area contributed by atoms with E-state index in [2.05, 4.69) is 58.3 Å². The Hall–Kier alpha value is -2.31. The lowest BCUT2D eigenvalue weighted by Crippen LogP contribution is -2.52. The van der Waals surface area contributed by atoms with Crippen LogP contribution in [0, 0.1) is 58.2 Å². The monoisotopic (exact) mass is 1300 g/mol. The number of ether oxygens (including phenoxy) is 13. The van der Waals surface area contributed by atoms with Crippen LogP contribution in [0.25, 0.3) is 0 Å². The van der Waals surface area contributed by atoms with Crippen LogP contribution in [0.2, 0.25) is 0 Å². The summed E-state index contributed by atoms with van der Waals surface area (Å²) in [6.45, 7) is 28.5. The molecule has 4 aliphatic rings. The van der Waals surface area contributed by atoms with Gasteiger partial charge in [0, 0.05) is 44.0 Å². The number of rotatable bonds is 59. The normalized spacial score (nSPS) is 22.8. The van der Waals surface area contributed by atoms with Crippen LogP contribution in [0.3, 0.4) is 0 Å². The average molecular weight is 1300 g/mol. The van der Waals surface area contributed by atoms with E-state index < -0.39 is 0 Å². The summed E-state index contributed by atoms with van der Waals surface area (Å²) < 4.78 is 72.8. The van der Waals surface area contributed by atoms with E-state index in [1.54, 1.807) is 0 Å². The maximum absolute atomic E-state index is 12.8. The topological polar surface area (TPSA) is 212 Å². The molecule has 4 unspecified atom stereocenters. The van der Waals surface area contributed by atoms with Gasteiger partial charge in [0.15, 0.2) is 0 Å². The van der Waals surface area contributed by atoms with E-state index in [-0.39, 0.29) is 30.1 Å². The molecule has 0 spiro atoms. The van der Waals surface area contributed by atoms with E-state index in [9.17, 15) is 19.2 Å². The number of ketones is 1. The second-order valence-electron chi connectivity index (χ2n) is 26.1. The van der Waals surface area contributed by atoms with Gasteiger partial charge in [0.05, 0.1) is 171 Å². The summed E-state index contributed by atoms with van der Waals surface area (Å²) in [5, 5.41) is 5.76. The first-order valence-corrected chi connectivity index (χ1v) is 36.5. The molecule has 0 saturated heterocycles. The molecule has 3 saturated carbocycles. The zero-order valence-electron chi connectivity index (χ0n) is 57.3. The number of carbonyl (C=O) groups excluding carboxylic acids is 4. The number of Topliss-reactive ketones (excluding diaryl/α,β-unsaturated/α-hetero) is 1. The summed E-state index contributed by atoms with van der Waals surface area (Å²) in [6, 6.07) is 0. The van der Waals surface area contributed by atoms with Crippen LogP contribution in [-0.4, -0.2) is 207 Å². The third-order valence-corrected chi connectivity index (χ3v) is 20.2. The molecule has 0 radical (unpaired) electrons. The zero-order valence-corrected chi connectivity index (χ0v) is 58.1. The number of nitrogens with one attached hydrogen (secondary N) is 2. The lowest BCUT2D eigenvalue weighted by molar-refractivity contribution is -0.142. The zero-order chi connectivity index (χ0) is 64.8. The minimum absolute atomic E-state index is 0.00949. The van der Waals surface area contributed by atoms with Crippen molar-refractivity contribution in [2.75, 3.05) is 183 Å². The number of hydrogen-bond donors (Lipinski definition) is 2. The second kappa shape index (κ2) is 50.1. The number of esters is 1. The van der Waals surface area contributed by atoms with Gasteiger partial charge in [-0.15, -0.1) is 0 Å². The van der Waals surface area contributed by atoms with Crippen molar-refractivity contribution in [3.8, 4) is 0 Å². The highest BCUT2D eigenvalue weighted by Crippen LogP contribution is 2.68. The fourth-order valence-electron chi connectivity index (χ4n) is 14.4. The maximum atomic E-state index is 12.8. The van der Waals surface area contributed by atoms with E-state index in [0.717, 1.165) is 86.2 Å². The van der Waals surface area contributed by atoms with Gasteiger partial charge in [0.25, 0.3) is 0 Å². The molecule has 524 valence electrons. The predicted octanol–water partition coefficient (Wildman–Crippen LogP) is 10.7. The lowest BCUT2D eigenvalue weighted by atomic mass is 9.45. The molecular weight excluding hydrogens is 1170 g/mol. The van der Waals surface area contributed by atoms with E-state index in [1.807, 2.05) is 6.92 Å². The highest BCUT2D eigenvalue weighted by molar-refractivity contribution is 7.99. The predicted molar refractivity (Wildman–Crippen MR) is 353 cm³/mol. The molecule has 19 nitrogen and oxygen atoms in total. The van der Waals surface area contributed by atoms with Crippen LogP contribution in [0.15, 0.2) is 11.8 Å². The molecule has 90 heavy (non-hydrogen) atoms. The lowest BCUT2D eigenvalue weighted by Gasteiger charge is -2.60. The van der Waals surface area contributed by atoms with Crippen molar-refractivity contribution in [3.63, 3.8) is 0 Å². The number of thioether (sulfide) groups is 1. The highest BCUT2D eigenvalue weighted by Gasteiger charge is 2.60. The van der Waals surface area contributed by atoms with Crippen LogP contribution in [0.4, 0.5) is 0 Å². The summed E-state index contributed by atoms with van der Waals surface area (Å²) >= 11 is 1.43. The third-order valence-electron chi connectivity index (χ3n) is 19.2. The largest absolute Gasteiger partial charge is 0.431 e. The van der Waals surface area contributed by atoms with Crippen LogP contribution in [0.1, 0.15) is 170 Å². The maximum Gasteiger partial charge on any atom is 0.313 e. The van der Waals surface area contributed by atoms with E-state index in [4.69, 9.17) is 61.6 Å². The molecule has 0 bridgehead atoms. The molecule has 4 rings (SSSR count). The number of carbonyl (C=O) groups is 4. The summed E-state index contributed by atoms with van der Waals surface area (Å²) in [6.07, 6.45) is 22.5. The number of allylic oxidation sites excluding steroid dienone is 2. The van der Waals surface area contributed by atoms with Gasteiger partial charge in [-0.3, -0.25) is 19.2 Å². The highest BCUT2D eigenvalue weighted by atomic mass is 32.2. The van der Waals surface area contributed by atoms with Gasteiger partial charge in [-0.25, -0.2) is 0 Å². The van der Waals surface area contributed by atoms with Gasteiger partial charge < -0.3 is 72.2 Å². The van der Waals surface area contributed by atoms with Gasteiger partial charge in [0.1, 0.15) is 11.5 Å². The number of hydrogen-bond acceptors (Lipinski definition) is 18. The van der Waals surface area contributed by atoms with Crippen molar-refractivity contribution in [2.24, 2.45) is 58.2 Å². The van der Waals surface area contributed by atoms with E-state index >= 15 is 0 Å². The minimum atomic E-state index is -0.203. The minimum Gasteiger partial charge on any atom is -0.431 e. The van der Waals surface area contributed by atoms with Crippen LogP contribution >= 0.6 is 11.8 Å². The third kappa shape index (κ3) is 33.4. The molecule has 0 aromatic heterocycles. The van der Waals surface area contributed by atoms with Crippen LogP contribution < -0.4 is 10.6 Å². The quantitative estimate of drug-likeness (QED) is 0.0428. The fourth-order valence-corrected chi connectivity index (χ4v) is 15.2. The van der Waals surface area contributed by atoms with Crippen molar-refractivity contribution in [3.05, 3.63) is 11.8 Å². The first-order valence-electron chi connectivity index (χ1n) is 35.3. The van der Waals surface area contributed by atoms with Crippen LogP contribution in [-0.2, 0) is 80.8 Å². The summed E-state index contributed by atoms with van der Waals surface area (Å²) in [5.41, 5.74) is 0.826. The Morgan fingerprint density at radius 2 is 1.01 bits per heavy atom. The molecular formula is C70H126N2O17S. The van der Waals surface area contributed by atoms with Gasteiger partial charge in [-0.05, 0) is 123 Å². The number of amides is 2. The molecule has 2 N–H and O–H groups in total. The van der Waals surface area contributed by atoms with E-state index in [0.29, 0.717) is 219 Å². The number of fused-ring (bicyclic) bond motifs is 5. The Kier molecular flexibility index (Phi) is 44.6. The summed E-state index contributed by atoms with van der Waals surface area (Å²) in [5.74, 6) is 7.52. The first kappa shape index (κ1) is 80.1. The summed E-state index contributed by atoms with van der Waals surface area (Å²) in [7, 11) is 0. The Bertz CT molecular complexity index is 1900. The summed E-state index contributed by atoms with van der Waals surface area (Å²) in [4.78, 5) is 49.0. The SMILES string of the molecule is CCCC(CCCCNC(=O)CCSCC(=O)NCCOCCOCCOCCOCCOCCOCCOCCOCCOCCOCCOCCOCCC(=O)OC1=CC2CC[C@@H]3[C@@H]4CCC(C(C)CCCC(C)C)[C@]4(C)CC[C@@H]3[C@]2(C)CC1)C(=O)CC. The molecule has 3 fully saturated rings. The smallest absolute Gasteiger partial charge is 0.313 e. The molecule has 0 heterocycles. The van der Waals surface area contributed by atoms with Gasteiger partial charge in [-0.1, -0.05) is 80.6 Å². The molecule has 0 aromatic carbocycles. The van der Waals surface area contributed by atoms with Gasteiger partial charge in [0.2, 0.25) is 11.8 Å². The van der Waals surface area contributed by atoms with Crippen LogP contribution in [0.5, 0.6) is 0 Å². The Balaban J connectivity index is 0.785. The van der Waals surface area contributed by atoms with Crippen molar-refractivity contribution < 1.29 is 80.8 Å². The molecule has 2 amide bonds. The van der Waals surface area contributed by atoms with Crippen molar-refractivity contribution in [1.29, 1.82) is 0 Å². The van der Waals surface area contributed by atoms with Crippen molar-refractivity contribution in [2.45, 2.75) is 170 Å². The van der Waals surface area contributed by atoms with Crippen molar-refractivity contribution >= 4 is 35.3 Å². The van der Waals surface area contributed by atoms with Gasteiger partial charge >= 0.3 is 5.97 Å². The molecule has 9 atom stereocenters. The molecule has 0 aromatic rings. The molecule has 20 heteroatoms. The number of unbranched alkanes of at least 4 members (excludes halogenated alkanes) is 1. The van der Waals surface area contributed by atoms with Gasteiger partial charge in [-0.2, -0.15) is 11.8 Å². The molecule has 0 aliphatic heterocycles. The molecule has 4 aliphatic carbocycles.